The number of fused-ring (bicyclic) bond motifs is 1. The first kappa shape index (κ1) is 18.0. The zero-order valence-electron chi connectivity index (χ0n) is 14.2. The number of aromatic nitrogens is 2. The molecule has 1 amide bonds. The number of halogens is 2. The van der Waals surface area contributed by atoms with Gasteiger partial charge in [-0.1, -0.05) is 29.3 Å². The summed E-state index contributed by atoms with van der Waals surface area (Å²) in [6.07, 6.45) is 4.12. The van der Waals surface area contributed by atoms with Crippen LogP contribution in [-0.4, -0.2) is 28.5 Å². The fraction of sp³-hybridized carbons (Fsp3) is 0.211. The van der Waals surface area contributed by atoms with Crippen molar-refractivity contribution in [1.82, 2.24) is 14.9 Å². The first-order valence-corrected chi connectivity index (χ1v) is 9.28. The SMILES string of the molecule is O=C(Nc1c(Cl)cccc1Cl)c1cn([C@H]2CCNC2)c2ncccc2c1=O. The second-order valence-corrected chi connectivity index (χ2v) is 7.17. The van der Waals surface area contributed by atoms with E-state index in [9.17, 15) is 9.59 Å². The molecule has 0 saturated carbocycles. The maximum Gasteiger partial charge on any atom is 0.261 e. The molecule has 0 aliphatic carbocycles. The molecule has 0 radical (unpaired) electrons. The van der Waals surface area contributed by atoms with E-state index < -0.39 is 5.91 Å². The number of carbonyl (C=O) groups is 1. The lowest BCUT2D eigenvalue weighted by molar-refractivity contribution is 0.102. The number of amides is 1. The molecule has 1 atom stereocenters. The van der Waals surface area contributed by atoms with Gasteiger partial charge in [-0.25, -0.2) is 4.98 Å². The van der Waals surface area contributed by atoms with Gasteiger partial charge in [-0.2, -0.15) is 0 Å². The quantitative estimate of drug-likeness (QED) is 0.702. The summed E-state index contributed by atoms with van der Waals surface area (Å²) in [4.78, 5) is 30.1. The number of nitrogens with zero attached hydrogens (tertiary/aromatic N) is 2. The van der Waals surface area contributed by atoms with Gasteiger partial charge < -0.3 is 15.2 Å². The molecule has 4 rings (SSSR count). The Bertz CT molecular complexity index is 1070. The van der Waals surface area contributed by atoms with Crippen molar-refractivity contribution in [1.29, 1.82) is 0 Å². The van der Waals surface area contributed by atoms with Crippen LogP contribution in [0, 0.1) is 0 Å². The Hall–Kier alpha value is -2.41. The third kappa shape index (κ3) is 3.32. The molecule has 2 aromatic heterocycles. The summed E-state index contributed by atoms with van der Waals surface area (Å²) in [6, 6.07) is 8.42. The van der Waals surface area contributed by atoms with Gasteiger partial charge in [0.2, 0.25) is 5.43 Å². The number of benzene rings is 1. The summed E-state index contributed by atoms with van der Waals surface area (Å²) in [6.45, 7) is 1.63. The highest BCUT2D eigenvalue weighted by Gasteiger charge is 2.23. The molecule has 2 N–H and O–H groups in total. The lowest BCUT2D eigenvalue weighted by Crippen LogP contribution is -2.26. The minimum atomic E-state index is -0.555. The molecule has 0 spiro atoms. The van der Waals surface area contributed by atoms with E-state index in [4.69, 9.17) is 23.2 Å². The van der Waals surface area contributed by atoms with E-state index in [1.807, 2.05) is 4.57 Å². The highest BCUT2D eigenvalue weighted by atomic mass is 35.5. The average molecular weight is 403 g/mol. The van der Waals surface area contributed by atoms with E-state index in [1.165, 1.54) is 0 Å². The van der Waals surface area contributed by atoms with E-state index in [2.05, 4.69) is 15.6 Å². The molecule has 3 heterocycles. The van der Waals surface area contributed by atoms with Gasteiger partial charge in [0.15, 0.2) is 0 Å². The Morgan fingerprint density at radius 1 is 1.22 bits per heavy atom. The summed E-state index contributed by atoms with van der Waals surface area (Å²) in [7, 11) is 0. The van der Waals surface area contributed by atoms with Crippen molar-refractivity contribution in [2.24, 2.45) is 0 Å². The van der Waals surface area contributed by atoms with Crippen molar-refractivity contribution >= 4 is 45.8 Å². The zero-order valence-corrected chi connectivity index (χ0v) is 15.7. The molecule has 0 unspecified atom stereocenters. The first-order chi connectivity index (χ1) is 13.1. The van der Waals surface area contributed by atoms with Gasteiger partial charge in [0.05, 0.1) is 21.1 Å². The van der Waals surface area contributed by atoms with Gasteiger partial charge in [-0.15, -0.1) is 0 Å². The zero-order chi connectivity index (χ0) is 19.0. The average Bonchev–Trinajstić information content (AvgIpc) is 3.20. The number of carbonyl (C=O) groups excluding carboxylic acids is 1. The van der Waals surface area contributed by atoms with E-state index >= 15 is 0 Å². The smallest absolute Gasteiger partial charge is 0.261 e. The van der Waals surface area contributed by atoms with Crippen LogP contribution < -0.4 is 16.1 Å². The molecule has 27 heavy (non-hydrogen) atoms. The van der Waals surface area contributed by atoms with Crippen LogP contribution in [0.1, 0.15) is 22.8 Å². The predicted molar refractivity (Wildman–Crippen MR) is 107 cm³/mol. The van der Waals surface area contributed by atoms with Crippen LogP contribution in [0.25, 0.3) is 11.0 Å². The Morgan fingerprint density at radius 2 is 2.00 bits per heavy atom. The Labute approximate surface area is 165 Å². The molecule has 3 aromatic rings. The lowest BCUT2D eigenvalue weighted by Gasteiger charge is -2.18. The van der Waals surface area contributed by atoms with Crippen LogP contribution in [0.5, 0.6) is 0 Å². The highest BCUT2D eigenvalue weighted by Crippen LogP contribution is 2.30. The molecular formula is C19H16Cl2N4O2. The second-order valence-electron chi connectivity index (χ2n) is 6.35. The van der Waals surface area contributed by atoms with E-state index in [1.54, 1.807) is 42.7 Å². The lowest BCUT2D eigenvalue weighted by atomic mass is 10.1. The van der Waals surface area contributed by atoms with Gasteiger partial charge in [0.25, 0.3) is 5.91 Å². The number of para-hydroxylation sites is 1. The first-order valence-electron chi connectivity index (χ1n) is 8.52. The monoisotopic (exact) mass is 402 g/mol. The molecule has 1 aliphatic heterocycles. The van der Waals surface area contributed by atoms with Gasteiger partial charge in [-0.05, 0) is 37.2 Å². The van der Waals surface area contributed by atoms with E-state index in [0.29, 0.717) is 21.1 Å². The Balaban J connectivity index is 1.82. The summed E-state index contributed by atoms with van der Waals surface area (Å²) >= 11 is 12.3. The maximum absolute atomic E-state index is 12.9. The third-order valence-electron chi connectivity index (χ3n) is 4.66. The summed E-state index contributed by atoms with van der Waals surface area (Å²) < 4.78 is 1.90. The number of hydrogen-bond donors (Lipinski definition) is 2. The Kier molecular flexibility index (Phi) is 4.86. The highest BCUT2D eigenvalue weighted by molar-refractivity contribution is 6.40. The minimum absolute atomic E-state index is 0.0263. The normalized spacial score (nSPS) is 16.6. The summed E-state index contributed by atoms with van der Waals surface area (Å²) in [5, 5.41) is 6.97. The van der Waals surface area contributed by atoms with Crippen molar-refractivity contribution in [3.05, 3.63) is 68.6 Å². The van der Waals surface area contributed by atoms with Crippen LogP contribution in [0.2, 0.25) is 10.0 Å². The van der Waals surface area contributed by atoms with Crippen molar-refractivity contribution in [2.75, 3.05) is 18.4 Å². The molecule has 1 aromatic carbocycles. The van der Waals surface area contributed by atoms with Crippen LogP contribution >= 0.6 is 23.2 Å². The van der Waals surface area contributed by atoms with E-state index in [0.717, 1.165) is 19.5 Å². The number of rotatable bonds is 3. The minimum Gasteiger partial charge on any atom is -0.327 e. The second kappa shape index (κ2) is 7.31. The van der Waals surface area contributed by atoms with Gasteiger partial charge in [0.1, 0.15) is 11.2 Å². The van der Waals surface area contributed by atoms with Gasteiger partial charge in [0, 0.05) is 25.0 Å². The number of hydrogen-bond acceptors (Lipinski definition) is 4. The van der Waals surface area contributed by atoms with Gasteiger partial charge >= 0.3 is 0 Å². The van der Waals surface area contributed by atoms with Crippen molar-refractivity contribution in [2.45, 2.75) is 12.5 Å². The fourth-order valence-corrected chi connectivity index (χ4v) is 3.79. The van der Waals surface area contributed by atoms with Crippen LogP contribution in [-0.2, 0) is 0 Å². The van der Waals surface area contributed by atoms with Crippen molar-refractivity contribution in [3.63, 3.8) is 0 Å². The Morgan fingerprint density at radius 3 is 2.70 bits per heavy atom. The molecule has 1 aliphatic rings. The number of pyridine rings is 2. The molecule has 8 heteroatoms. The van der Waals surface area contributed by atoms with E-state index in [-0.39, 0.29) is 22.7 Å². The fourth-order valence-electron chi connectivity index (χ4n) is 3.30. The third-order valence-corrected chi connectivity index (χ3v) is 5.29. The maximum atomic E-state index is 12.9. The summed E-state index contributed by atoms with van der Waals surface area (Å²) in [5.74, 6) is -0.555. The van der Waals surface area contributed by atoms with Gasteiger partial charge in [-0.3, -0.25) is 9.59 Å². The predicted octanol–water partition coefficient (Wildman–Crippen LogP) is 3.49. The van der Waals surface area contributed by atoms with Crippen LogP contribution in [0.4, 0.5) is 5.69 Å². The van der Waals surface area contributed by atoms with Crippen LogP contribution in [0.15, 0.2) is 47.5 Å². The number of anilines is 1. The largest absolute Gasteiger partial charge is 0.327 e. The molecule has 6 nitrogen and oxygen atoms in total. The molecule has 138 valence electrons. The van der Waals surface area contributed by atoms with Crippen molar-refractivity contribution in [3.8, 4) is 0 Å². The molecule has 1 saturated heterocycles. The van der Waals surface area contributed by atoms with Crippen molar-refractivity contribution < 1.29 is 4.79 Å². The topological polar surface area (TPSA) is 76.0 Å². The standard InChI is InChI=1S/C19H16Cl2N4O2/c20-14-4-1-5-15(21)16(14)24-19(27)13-10-25(11-6-8-22-9-11)18-12(17(13)26)3-2-7-23-18/h1-5,7,10-11,22H,6,8-9H2,(H,24,27)/t11-/m0/s1. The molecule has 0 bridgehead atoms. The molecule has 1 fully saturated rings. The van der Waals surface area contributed by atoms with Crippen LogP contribution in [0.3, 0.4) is 0 Å². The number of nitrogens with one attached hydrogen (secondary N) is 2. The summed E-state index contributed by atoms with van der Waals surface area (Å²) in [5.41, 5.74) is 0.508. The molecular weight excluding hydrogens is 387 g/mol.